The van der Waals surface area contributed by atoms with E-state index in [1.807, 2.05) is 6.92 Å². The van der Waals surface area contributed by atoms with Crippen LogP contribution in [0.5, 0.6) is 0 Å². The summed E-state index contributed by atoms with van der Waals surface area (Å²) >= 11 is 0. The fraction of sp³-hybridized carbons (Fsp3) is 0.250. The molecule has 0 spiro atoms. The molecule has 1 amide bonds. The van der Waals surface area contributed by atoms with Gasteiger partial charge in [0.05, 0.1) is 17.2 Å². The minimum absolute atomic E-state index is 0.320. The molecule has 1 N–H and O–H groups in total. The highest BCUT2D eigenvalue weighted by atomic mass is 19.4. The molecule has 1 heterocycles. The molecule has 0 radical (unpaired) electrons. The van der Waals surface area contributed by atoms with Crippen LogP contribution in [-0.2, 0) is 6.18 Å². The molecule has 0 fully saturated rings. The van der Waals surface area contributed by atoms with Crippen LogP contribution in [0.3, 0.4) is 0 Å². The number of nitrogens with zero attached hydrogens (tertiary/aromatic N) is 1. The quantitative estimate of drug-likeness (QED) is 0.934. The van der Waals surface area contributed by atoms with Gasteiger partial charge in [-0.2, -0.15) is 13.2 Å². The van der Waals surface area contributed by atoms with Gasteiger partial charge in [-0.1, -0.05) is 12.1 Å². The third-order valence-corrected chi connectivity index (χ3v) is 3.26. The Bertz CT molecular complexity index is 649. The molecule has 2 aromatic rings. The van der Waals surface area contributed by atoms with Gasteiger partial charge in [-0.15, -0.1) is 0 Å². The van der Waals surface area contributed by atoms with Crippen LogP contribution in [0.4, 0.5) is 13.2 Å². The van der Waals surface area contributed by atoms with Gasteiger partial charge in [-0.25, -0.2) is 0 Å². The molecule has 0 saturated carbocycles. The summed E-state index contributed by atoms with van der Waals surface area (Å²) in [4.78, 5) is 16.1. The predicted molar refractivity (Wildman–Crippen MR) is 76.3 cm³/mol. The largest absolute Gasteiger partial charge is 0.416 e. The van der Waals surface area contributed by atoms with Crippen LogP contribution in [0, 0.1) is 6.92 Å². The first kappa shape index (κ1) is 16.0. The molecule has 2 rings (SSSR count). The summed E-state index contributed by atoms with van der Waals surface area (Å²) in [7, 11) is 0. The Morgan fingerprint density at radius 2 is 1.77 bits per heavy atom. The van der Waals surface area contributed by atoms with Gasteiger partial charge >= 0.3 is 6.18 Å². The van der Waals surface area contributed by atoms with Crippen molar-refractivity contribution >= 4 is 5.91 Å². The number of aromatic nitrogens is 1. The van der Waals surface area contributed by atoms with Crippen molar-refractivity contribution in [3.05, 3.63) is 65.0 Å². The second-order valence-electron chi connectivity index (χ2n) is 5.00. The van der Waals surface area contributed by atoms with Crippen LogP contribution in [0.25, 0.3) is 0 Å². The normalized spacial score (nSPS) is 12.8. The fourth-order valence-electron chi connectivity index (χ4n) is 1.93. The molecule has 0 saturated heterocycles. The monoisotopic (exact) mass is 308 g/mol. The Hall–Kier alpha value is -2.37. The zero-order valence-corrected chi connectivity index (χ0v) is 12.1. The molecule has 3 nitrogen and oxygen atoms in total. The lowest BCUT2D eigenvalue weighted by Gasteiger charge is -2.15. The van der Waals surface area contributed by atoms with Crippen molar-refractivity contribution in [2.75, 3.05) is 0 Å². The fourth-order valence-corrected chi connectivity index (χ4v) is 1.93. The molecule has 0 aliphatic heterocycles. The predicted octanol–water partition coefficient (Wildman–Crippen LogP) is 3.90. The maximum Gasteiger partial charge on any atom is 0.416 e. The van der Waals surface area contributed by atoms with Crippen molar-refractivity contribution in [3.8, 4) is 0 Å². The topological polar surface area (TPSA) is 42.0 Å². The van der Waals surface area contributed by atoms with Crippen molar-refractivity contribution in [2.24, 2.45) is 0 Å². The Balaban J connectivity index is 2.07. The maximum atomic E-state index is 12.5. The average molecular weight is 308 g/mol. The van der Waals surface area contributed by atoms with E-state index in [0.29, 0.717) is 11.1 Å². The van der Waals surface area contributed by atoms with Gasteiger partial charge in [-0.3, -0.25) is 9.78 Å². The molecular weight excluding hydrogens is 293 g/mol. The summed E-state index contributed by atoms with van der Waals surface area (Å²) in [6.07, 6.45) is -2.90. The summed E-state index contributed by atoms with van der Waals surface area (Å²) < 4.78 is 37.5. The van der Waals surface area contributed by atoms with E-state index >= 15 is 0 Å². The summed E-state index contributed by atoms with van der Waals surface area (Å²) in [5, 5.41) is 2.73. The Kier molecular flexibility index (Phi) is 4.49. The van der Waals surface area contributed by atoms with E-state index in [9.17, 15) is 18.0 Å². The Labute approximate surface area is 126 Å². The molecule has 0 bridgehead atoms. The number of pyridine rings is 1. The van der Waals surface area contributed by atoms with Crippen molar-refractivity contribution in [1.82, 2.24) is 10.3 Å². The number of hydrogen-bond acceptors (Lipinski definition) is 2. The molecule has 0 unspecified atom stereocenters. The van der Waals surface area contributed by atoms with Crippen molar-refractivity contribution < 1.29 is 18.0 Å². The van der Waals surface area contributed by atoms with Gasteiger partial charge in [0.15, 0.2) is 0 Å². The highest BCUT2D eigenvalue weighted by molar-refractivity contribution is 5.94. The van der Waals surface area contributed by atoms with E-state index in [1.54, 1.807) is 19.1 Å². The van der Waals surface area contributed by atoms with Crippen molar-refractivity contribution in [2.45, 2.75) is 26.1 Å². The second kappa shape index (κ2) is 6.17. The average Bonchev–Trinajstić information content (AvgIpc) is 2.47. The summed E-state index contributed by atoms with van der Waals surface area (Å²) in [5.74, 6) is -0.320. The van der Waals surface area contributed by atoms with Crippen molar-refractivity contribution in [3.63, 3.8) is 0 Å². The number of rotatable bonds is 3. The lowest BCUT2D eigenvalue weighted by atomic mass is 10.1. The van der Waals surface area contributed by atoms with Crippen LogP contribution >= 0.6 is 0 Å². The number of carbonyl (C=O) groups excluding carboxylic acids is 1. The lowest BCUT2D eigenvalue weighted by molar-refractivity contribution is -0.137. The number of halogens is 3. The van der Waals surface area contributed by atoms with E-state index in [1.165, 1.54) is 18.3 Å². The second-order valence-corrected chi connectivity index (χ2v) is 5.00. The SMILES string of the molecule is Cc1ccc(C(=O)N[C@@H](C)c2ccc(C(F)(F)F)cc2)cn1. The maximum absolute atomic E-state index is 12.5. The first-order chi connectivity index (χ1) is 10.3. The van der Waals surface area contributed by atoms with E-state index in [4.69, 9.17) is 0 Å². The zero-order valence-electron chi connectivity index (χ0n) is 12.1. The zero-order chi connectivity index (χ0) is 16.3. The summed E-state index contributed by atoms with van der Waals surface area (Å²) in [5.41, 5.74) is 1.09. The molecule has 1 aromatic carbocycles. The molecule has 116 valence electrons. The summed E-state index contributed by atoms with van der Waals surface area (Å²) in [6.45, 7) is 3.52. The smallest absolute Gasteiger partial charge is 0.345 e. The minimum atomic E-state index is -4.36. The number of carbonyl (C=O) groups is 1. The third kappa shape index (κ3) is 3.84. The van der Waals surface area contributed by atoms with Crippen LogP contribution in [0.1, 0.15) is 40.1 Å². The van der Waals surface area contributed by atoms with Gasteiger partial charge < -0.3 is 5.32 Å². The van der Waals surface area contributed by atoms with Gasteiger partial charge in [0.2, 0.25) is 0 Å². The number of benzene rings is 1. The van der Waals surface area contributed by atoms with Crippen molar-refractivity contribution in [1.29, 1.82) is 0 Å². The van der Waals surface area contributed by atoms with Gasteiger partial charge in [0.25, 0.3) is 5.91 Å². The molecule has 0 aliphatic carbocycles. The molecule has 22 heavy (non-hydrogen) atoms. The van der Waals surface area contributed by atoms with E-state index in [0.717, 1.165) is 17.8 Å². The number of hydrogen-bond donors (Lipinski definition) is 1. The molecular formula is C16H15F3N2O. The van der Waals surface area contributed by atoms with E-state index < -0.39 is 17.8 Å². The van der Waals surface area contributed by atoms with Gasteiger partial charge in [-0.05, 0) is 43.7 Å². The van der Waals surface area contributed by atoms with Crippen LogP contribution in [0.2, 0.25) is 0 Å². The molecule has 0 aliphatic rings. The number of aryl methyl sites for hydroxylation is 1. The van der Waals surface area contributed by atoms with E-state index in [2.05, 4.69) is 10.3 Å². The number of alkyl halides is 3. The molecule has 1 atom stereocenters. The Morgan fingerprint density at radius 1 is 1.14 bits per heavy atom. The third-order valence-electron chi connectivity index (χ3n) is 3.26. The first-order valence-corrected chi connectivity index (χ1v) is 6.68. The van der Waals surface area contributed by atoms with Gasteiger partial charge in [0, 0.05) is 11.9 Å². The summed E-state index contributed by atoms with van der Waals surface area (Å²) in [6, 6.07) is 7.70. The number of amides is 1. The highest BCUT2D eigenvalue weighted by Gasteiger charge is 2.30. The standard InChI is InChI=1S/C16H15F3N2O/c1-10-3-4-13(9-20-10)15(22)21-11(2)12-5-7-14(8-6-12)16(17,18)19/h3-9,11H,1-2H3,(H,21,22)/t11-/m0/s1. The lowest BCUT2D eigenvalue weighted by Crippen LogP contribution is -2.26. The van der Waals surface area contributed by atoms with Crippen LogP contribution < -0.4 is 5.32 Å². The van der Waals surface area contributed by atoms with Gasteiger partial charge in [0.1, 0.15) is 0 Å². The minimum Gasteiger partial charge on any atom is -0.345 e. The first-order valence-electron chi connectivity index (χ1n) is 6.68. The number of nitrogens with one attached hydrogen (secondary N) is 1. The highest BCUT2D eigenvalue weighted by Crippen LogP contribution is 2.29. The molecule has 1 aromatic heterocycles. The Morgan fingerprint density at radius 3 is 2.27 bits per heavy atom. The molecule has 6 heteroatoms. The van der Waals surface area contributed by atoms with Crippen LogP contribution in [-0.4, -0.2) is 10.9 Å². The van der Waals surface area contributed by atoms with Crippen LogP contribution in [0.15, 0.2) is 42.6 Å². The van der Waals surface area contributed by atoms with E-state index in [-0.39, 0.29) is 5.91 Å².